The van der Waals surface area contributed by atoms with Crippen LogP contribution in [-0.2, 0) is 0 Å². The van der Waals surface area contributed by atoms with Gasteiger partial charge in [0.05, 0.1) is 27.8 Å². The lowest BCUT2D eigenvalue weighted by Crippen LogP contribution is -2.15. The fraction of sp³-hybridized carbons (Fsp3) is 0. The SMILES string of the molecule is N#CC(=C1C(=C(C#N)c2c(F)c(F)c(C#N)c(F)c2F)C1=C(C#N)c1c(F)c(F)c(C#N)c(F)c1P)c1c(F)c(F)c(C#N)c(F)c1F. The normalized spacial score (nSPS) is 13.8. The molecule has 0 radical (unpaired) electrons. The Morgan fingerprint density at radius 2 is 0.583 bits per heavy atom. The highest BCUT2D eigenvalue weighted by molar-refractivity contribution is 7.27. The minimum absolute atomic E-state index is 0.805. The molecule has 18 heteroatoms. The van der Waals surface area contributed by atoms with Gasteiger partial charge in [-0.05, 0) is 0 Å². The molecule has 0 aliphatic heterocycles. The molecular formula is C30H2F11N6P. The monoisotopic (exact) mass is 686 g/mol. The van der Waals surface area contributed by atoms with Crippen LogP contribution in [0.4, 0.5) is 48.3 Å². The summed E-state index contributed by atoms with van der Waals surface area (Å²) in [6, 6.07) is 5.87. The molecule has 1 aliphatic carbocycles. The summed E-state index contributed by atoms with van der Waals surface area (Å²) in [5, 5.41) is 55.3. The summed E-state index contributed by atoms with van der Waals surface area (Å²) >= 11 is 0. The summed E-state index contributed by atoms with van der Waals surface area (Å²) < 4.78 is 163. The van der Waals surface area contributed by atoms with E-state index in [1.807, 2.05) is 0 Å². The molecule has 0 bridgehead atoms. The molecule has 0 amide bonds. The molecule has 0 heterocycles. The molecule has 1 atom stereocenters. The summed E-state index contributed by atoms with van der Waals surface area (Å²) in [4.78, 5) is 0. The number of nitrogens with zero attached hydrogens (tertiary/aromatic N) is 6. The average molecular weight is 686 g/mol. The van der Waals surface area contributed by atoms with Crippen LogP contribution in [0.1, 0.15) is 33.4 Å². The van der Waals surface area contributed by atoms with Crippen LogP contribution in [0.2, 0.25) is 0 Å². The summed E-state index contributed by atoms with van der Waals surface area (Å²) in [7, 11) is 1.47. The Bertz CT molecular complexity index is 2070. The molecule has 0 aromatic heterocycles. The molecule has 1 fully saturated rings. The zero-order valence-electron chi connectivity index (χ0n) is 22.4. The molecule has 3 aromatic carbocycles. The molecule has 1 aliphatic rings. The standard InChI is InChI=1S/C30H2F11N6P/c31-19-10(4-45)20(32)26(38)16(25(19)37)7(1-42)13-14(8(2-43)17-27(39)21(33)11(5-46)22(34)28(17)40)15(13)9(3-44)18-29(41)23(35)12(6-47)24(36)30(18)48/h48H2. The van der Waals surface area contributed by atoms with Gasteiger partial charge in [0.1, 0.15) is 53.1 Å². The molecule has 1 unspecified atom stereocenters. The largest absolute Gasteiger partial charge is 0.205 e. The van der Waals surface area contributed by atoms with Crippen molar-refractivity contribution in [2.45, 2.75) is 0 Å². The minimum atomic E-state index is -2.46. The lowest BCUT2D eigenvalue weighted by Gasteiger charge is -2.10. The topological polar surface area (TPSA) is 143 Å². The van der Waals surface area contributed by atoms with Gasteiger partial charge in [0, 0.05) is 27.6 Å². The van der Waals surface area contributed by atoms with E-state index in [0.717, 1.165) is 30.3 Å². The number of halogens is 11. The summed E-state index contributed by atoms with van der Waals surface area (Å²) in [6.45, 7) is 0. The van der Waals surface area contributed by atoms with Gasteiger partial charge in [0.15, 0.2) is 64.0 Å². The second kappa shape index (κ2) is 12.3. The molecule has 48 heavy (non-hydrogen) atoms. The van der Waals surface area contributed by atoms with Crippen LogP contribution >= 0.6 is 9.24 Å². The third kappa shape index (κ3) is 4.70. The second-order valence-electron chi connectivity index (χ2n) is 9.04. The number of hydrogen-bond acceptors (Lipinski definition) is 6. The van der Waals surface area contributed by atoms with E-state index in [9.17, 15) is 42.1 Å². The Labute approximate surface area is 261 Å². The van der Waals surface area contributed by atoms with Gasteiger partial charge < -0.3 is 0 Å². The highest BCUT2D eigenvalue weighted by Crippen LogP contribution is 2.57. The molecule has 1 saturated carbocycles. The lowest BCUT2D eigenvalue weighted by molar-refractivity contribution is 0.446. The maximum Gasteiger partial charge on any atom is 0.180 e. The first-order chi connectivity index (χ1) is 22.6. The fourth-order valence-electron chi connectivity index (χ4n) is 4.57. The van der Waals surface area contributed by atoms with E-state index in [2.05, 4.69) is 0 Å². The van der Waals surface area contributed by atoms with Crippen molar-refractivity contribution in [3.8, 4) is 36.4 Å². The van der Waals surface area contributed by atoms with Gasteiger partial charge in [-0.15, -0.1) is 9.24 Å². The van der Waals surface area contributed by atoms with Gasteiger partial charge in [-0.1, -0.05) is 0 Å². The zero-order valence-corrected chi connectivity index (χ0v) is 23.6. The predicted octanol–water partition coefficient (Wildman–Crippen LogP) is 6.58. The number of nitriles is 6. The Morgan fingerprint density at radius 1 is 0.354 bits per heavy atom. The minimum Gasteiger partial charge on any atom is -0.205 e. The Kier molecular flexibility index (Phi) is 8.84. The molecular weight excluding hydrogens is 684 g/mol. The van der Waals surface area contributed by atoms with Crippen LogP contribution in [0, 0.1) is 132 Å². The number of benzene rings is 3. The highest BCUT2D eigenvalue weighted by Gasteiger charge is 2.46. The van der Waals surface area contributed by atoms with E-state index in [1.54, 1.807) is 0 Å². The van der Waals surface area contributed by atoms with Crippen LogP contribution in [0.25, 0.3) is 16.7 Å². The third-order valence-electron chi connectivity index (χ3n) is 6.74. The number of rotatable bonds is 3. The van der Waals surface area contributed by atoms with Crippen LogP contribution in [0.15, 0.2) is 16.7 Å². The Morgan fingerprint density at radius 3 is 0.833 bits per heavy atom. The first kappa shape index (κ1) is 34.4. The summed E-state index contributed by atoms with van der Waals surface area (Å²) in [6.07, 6.45) is 0. The van der Waals surface area contributed by atoms with Crippen molar-refractivity contribution in [2.75, 3.05) is 0 Å². The highest BCUT2D eigenvalue weighted by atomic mass is 31.0. The van der Waals surface area contributed by atoms with Gasteiger partial charge in [0.25, 0.3) is 0 Å². The van der Waals surface area contributed by atoms with E-state index in [4.69, 9.17) is 15.8 Å². The zero-order chi connectivity index (χ0) is 36.1. The first-order valence-corrected chi connectivity index (χ1v) is 12.5. The van der Waals surface area contributed by atoms with Gasteiger partial charge >= 0.3 is 0 Å². The number of allylic oxidation sites excluding steroid dienone is 6. The third-order valence-corrected chi connectivity index (χ3v) is 7.28. The molecule has 0 spiro atoms. The second-order valence-corrected chi connectivity index (χ2v) is 9.62. The van der Waals surface area contributed by atoms with Crippen molar-refractivity contribution in [1.29, 1.82) is 31.6 Å². The van der Waals surface area contributed by atoms with E-state index in [0.29, 0.717) is 0 Å². The van der Waals surface area contributed by atoms with Crippen molar-refractivity contribution < 1.29 is 48.3 Å². The van der Waals surface area contributed by atoms with Gasteiger partial charge in [0.2, 0.25) is 0 Å². The van der Waals surface area contributed by atoms with Crippen LogP contribution in [0.5, 0.6) is 0 Å². The van der Waals surface area contributed by atoms with Crippen LogP contribution in [0.3, 0.4) is 0 Å². The van der Waals surface area contributed by atoms with Crippen LogP contribution < -0.4 is 5.30 Å². The lowest BCUT2D eigenvalue weighted by atomic mass is 9.99. The molecule has 4 rings (SSSR count). The van der Waals surface area contributed by atoms with Gasteiger partial charge in [-0.25, -0.2) is 48.3 Å². The maximum atomic E-state index is 15.3. The predicted molar refractivity (Wildman–Crippen MR) is 140 cm³/mol. The van der Waals surface area contributed by atoms with E-state index < -0.39 is 136 Å². The Balaban J connectivity index is 2.38. The van der Waals surface area contributed by atoms with Crippen molar-refractivity contribution in [1.82, 2.24) is 0 Å². The molecule has 0 N–H and O–H groups in total. The summed E-state index contributed by atoms with van der Waals surface area (Å²) in [5.41, 5.74) is -19.1. The fourth-order valence-corrected chi connectivity index (χ4v) is 4.98. The molecule has 3 aromatic rings. The van der Waals surface area contributed by atoms with E-state index in [-0.39, 0.29) is 0 Å². The average Bonchev–Trinajstić information content (AvgIpc) is 3.78. The molecule has 234 valence electrons. The number of hydrogen-bond donors (Lipinski definition) is 0. The van der Waals surface area contributed by atoms with E-state index >= 15 is 22.0 Å². The quantitative estimate of drug-likeness (QED) is 0.132. The van der Waals surface area contributed by atoms with Gasteiger partial charge in [-0.3, -0.25) is 0 Å². The molecule has 0 saturated heterocycles. The summed E-state index contributed by atoms with van der Waals surface area (Å²) in [5.74, 6) is -25.6. The van der Waals surface area contributed by atoms with Crippen molar-refractivity contribution in [3.05, 3.63) is 114 Å². The van der Waals surface area contributed by atoms with Crippen LogP contribution in [-0.4, -0.2) is 0 Å². The van der Waals surface area contributed by atoms with Gasteiger partial charge in [-0.2, -0.15) is 31.6 Å². The van der Waals surface area contributed by atoms with Crippen molar-refractivity contribution in [2.24, 2.45) is 0 Å². The van der Waals surface area contributed by atoms with Crippen molar-refractivity contribution >= 4 is 31.3 Å². The van der Waals surface area contributed by atoms with E-state index in [1.165, 1.54) is 15.3 Å². The smallest absolute Gasteiger partial charge is 0.180 e. The Hall–Kier alpha value is -6.52. The first-order valence-electron chi connectivity index (χ1n) is 12.0. The molecule has 6 nitrogen and oxygen atoms in total. The maximum absolute atomic E-state index is 15.3. The van der Waals surface area contributed by atoms with Crippen molar-refractivity contribution in [3.63, 3.8) is 0 Å².